The Hall–Kier alpha value is -3.79. The molecule has 0 aliphatic rings. The zero-order chi connectivity index (χ0) is 20.8. The van der Waals surface area contributed by atoms with Gasteiger partial charge in [-0.3, -0.25) is 14.9 Å². The highest BCUT2D eigenvalue weighted by molar-refractivity contribution is 7.20. The fourth-order valence-electron chi connectivity index (χ4n) is 2.33. The normalized spacial score (nSPS) is 10.8. The first kappa shape index (κ1) is 20.0. The van der Waals surface area contributed by atoms with Gasteiger partial charge in [0.05, 0.1) is 23.1 Å². The van der Waals surface area contributed by atoms with Crippen LogP contribution in [0.2, 0.25) is 0 Å². The Labute approximate surface area is 168 Å². The third-order valence-corrected chi connectivity index (χ3v) is 4.89. The Bertz CT molecular complexity index is 1090. The molecule has 0 atom stereocenters. The van der Waals surface area contributed by atoms with Crippen LogP contribution in [0.5, 0.6) is 5.75 Å². The highest BCUT2D eigenvalue weighted by Crippen LogP contribution is 2.28. The van der Waals surface area contributed by atoms with E-state index in [0.717, 1.165) is 4.70 Å². The van der Waals surface area contributed by atoms with Crippen LogP contribution in [0, 0.1) is 10.1 Å². The lowest BCUT2D eigenvalue weighted by atomic mass is 10.2. The van der Waals surface area contributed by atoms with Gasteiger partial charge in [-0.05, 0) is 42.0 Å². The number of fused-ring (bicyclic) bond motifs is 1. The lowest BCUT2D eigenvalue weighted by Crippen LogP contribution is -2.16. The van der Waals surface area contributed by atoms with Crippen LogP contribution in [-0.2, 0) is 9.53 Å². The Kier molecular flexibility index (Phi) is 6.15. The van der Waals surface area contributed by atoms with Gasteiger partial charge in [0, 0.05) is 22.2 Å². The van der Waals surface area contributed by atoms with Gasteiger partial charge in [-0.1, -0.05) is 0 Å². The van der Waals surface area contributed by atoms with Crippen LogP contribution in [-0.4, -0.2) is 36.7 Å². The van der Waals surface area contributed by atoms with Crippen molar-refractivity contribution < 1.29 is 24.0 Å². The Balaban J connectivity index is 1.60. The number of esters is 1. The maximum atomic E-state index is 12.2. The minimum Gasteiger partial charge on any atom is -0.482 e. The lowest BCUT2D eigenvalue weighted by molar-refractivity contribution is -0.384. The quantitative estimate of drug-likeness (QED) is 0.275. The van der Waals surface area contributed by atoms with Crippen molar-refractivity contribution in [1.29, 1.82) is 0 Å². The minimum absolute atomic E-state index is 0.0284. The van der Waals surface area contributed by atoms with Crippen LogP contribution < -0.4 is 10.2 Å². The topological polar surface area (TPSA) is 120 Å². The van der Waals surface area contributed by atoms with Crippen LogP contribution in [0.3, 0.4) is 0 Å². The van der Waals surface area contributed by atoms with Gasteiger partial charge < -0.3 is 9.47 Å². The van der Waals surface area contributed by atoms with Gasteiger partial charge in [-0.2, -0.15) is 5.10 Å². The van der Waals surface area contributed by atoms with Gasteiger partial charge in [-0.25, -0.2) is 10.2 Å². The molecule has 0 saturated carbocycles. The number of hydrogen-bond donors (Lipinski definition) is 1. The third kappa shape index (κ3) is 5.14. The number of hydrogen-bond acceptors (Lipinski definition) is 8. The van der Waals surface area contributed by atoms with E-state index in [9.17, 15) is 19.7 Å². The van der Waals surface area contributed by atoms with E-state index in [4.69, 9.17) is 4.74 Å². The van der Waals surface area contributed by atoms with Crippen molar-refractivity contribution in [2.45, 2.75) is 0 Å². The Morgan fingerprint density at radius 3 is 2.66 bits per heavy atom. The molecular formula is C19H15N3O6S. The van der Waals surface area contributed by atoms with Gasteiger partial charge in [0.2, 0.25) is 0 Å². The predicted molar refractivity (Wildman–Crippen MR) is 107 cm³/mol. The van der Waals surface area contributed by atoms with Crippen molar-refractivity contribution >= 4 is 45.2 Å². The van der Waals surface area contributed by atoms with Crippen molar-refractivity contribution in [3.63, 3.8) is 0 Å². The number of hydrazone groups is 1. The van der Waals surface area contributed by atoms with Crippen molar-refractivity contribution in [1.82, 2.24) is 5.43 Å². The summed E-state index contributed by atoms with van der Waals surface area (Å²) in [7, 11) is 1.28. The average Bonchev–Trinajstić information content (AvgIpc) is 3.16. The molecule has 10 heteroatoms. The van der Waals surface area contributed by atoms with Gasteiger partial charge in [0.15, 0.2) is 6.61 Å². The van der Waals surface area contributed by atoms with Gasteiger partial charge in [0.25, 0.3) is 11.6 Å². The van der Waals surface area contributed by atoms with Gasteiger partial charge in [-0.15, -0.1) is 11.3 Å². The number of methoxy groups -OCH3 is 1. The second-order valence-electron chi connectivity index (χ2n) is 5.72. The number of carbonyl (C=O) groups is 2. The maximum absolute atomic E-state index is 12.2. The molecule has 0 aliphatic heterocycles. The molecule has 0 radical (unpaired) electrons. The average molecular weight is 413 g/mol. The zero-order valence-electron chi connectivity index (χ0n) is 15.2. The summed E-state index contributed by atoms with van der Waals surface area (Å²) >= 11 is 1.22. The maximum Gasteiger partial charge on any atom is 0.343 e. The summed E-state index contributed by atoms with van der Waals surface area (Å²) in [6, 6.07) is 12.8. The fraction of sp³-hybridized carbons (Fsp3) is 0.105. The van der Waals surface area contributed by atoms with E-state index in [1.165, 1.54) is 36.8 Å². The van der Waals surface area contributed by atoms with E-state index in [1.54, 1.807) is 36.4 Å². The largest absolute Gasteiger partial charge is 0.482 e. The number of ether oxygens (including phenoxy) is 2. The number of non-ortho nitro benzene ring substituents is 1. The van der Waals surface area contributed by atoms with E-state index in [2.05, 4.69) is 15.3 Å². The van der Waals surface area contributed by atoms with Crippen molar-refractivity contribution in [2.75, 3.05) is 13.7 Å². The zero-order valence-corrected chi connectivity index (χ0v) is 16.0. The van der Waals surface area contributed by atoms with E-state index < -0.39 is 16.8 Å². The van der Waals surface area contributed by atoms with E-state index >= 15 is 0 Å². The number of carbonyl (C=O) groups excluding carboxylic acids is 2. The molecule has 0 bridgehead atoms. The van der Waals surface area contributed by atoms with Crippen LogP contribution in [0.25, 0.3) is 10.1 Å². The molecule has 148 valence electrons. The summed E-state index contributed by atoms with van der Waals surface area (Å²) in [6.45, 7) is -0.182. The first-order valence-electron chi connectivity index (χ1n) is 8.27. The van der Waals surface area contributed by atoms with Crippen LogP contribution in [0.4, 0.5) is 5.69 Å². The molecular weight excluding hydrogens is 398 g/mol. The molecule has 0 fully saturated rings. The molecule has 2 aromatic carbocycles. The molecule has 1 amide bonds. The molecule has 1 heterocycles. The number of rotatable bonds is 7. The molecule has 0 unspecified atom stereocenters. The summed E-state index contributed by atoms with van der Waals surface area (Å²) in [6.07, 6.45) is 1.46. The molecule has 1 aromatic heterocycles. The molecule has 3 aromatic rings. The van der Waals surface area contributed by atoms with E-state index in [0.29, 0.717) is 21.6 Å². The molecule has 0 saturated heterocycles. The fourth-order valence-corrected chi connectivity index (χ4v) is 3.26. The molecule has 0 aliphatic carbocycles. The molecule has 1 N–H and O–H groups in total. The number of nitrogens with zero attached hydrogens (tertiary/aromatic N) is 2. The van der Waals surface area contributed by atoms with Crippen LogP contribution >= 0.6 is 11.3 Å². The first-order chi connectivity index (χ1) is 14.0. The lowest BCUT2D eigenvalue weighted by Gasteiger charge is -2.04. The monoisotopic (exact) mass is 413 g/mol. The van der Waals surface area contributed by atoms with Crippen LogP contribution in [0.1, 0.15) is 15.2 Å². The smallest absolute Gasteiger partial charge is 0.343 e. The Morgan fingerprint density at radius 2 is 1.97 bits per heavy atom. The first-order valence-corrected chi connectivity index (χ1v) is 9.09. The molecule has 0 spiro atoms. The van der Waals surface area contributed by atoms with Gasteiger partial charge in [0.1, 0.15) is 5.75 Å². The standard InChI is InChI=1S/C19H15N3O6S/c1-27-18(23)11-28-15-5-2-12(3-6-15)10-20-21-19(24)17-9-13-8-14(22(25)26)4-7-16(13)29-17/h2-10H,11H2,1H3,(H,21,24). The number of nitro groups is 1. The predicted octanol–water partition coefficient (Wildman–Crippen LogP) is 3.13. The second kappa shape index (κ2) is 8.93. The SMILES string of the molecule is COC(=O)COc1ccc(C=NNC(=O)c2cc3cc([N+](=O)[O-])ccc3s2)cc1. The highest BCUT2D eigenvalue weighted by Gasteiger charge is 2.12. The summed E-state index contributed by atoms with van der Waals surface area (Å²) in [5.41, 5.74) is 3.11. The van der Waals surface area contributed by atoms with Crippen LogP contribution in [0.15, 0.2) is 53.6 Å². The summed E-state index contributed by atoms with van der Waals surface area (Å²) in [4.78, 5) is 34.0. The second-order valence-corrected chi connectivity index (χ2v) is 6.81. The van der Waals surface area contributed by atoms with E-state index in [1.807, 2.05) is 0 Å². The van der Waals surface area contributed by atoms with Crippen molar-refractivity contribution in [3.8, 4) is 5.75 Å². The summed E-state index contributed by atoms with van der Waals surface area (Å²) in [5, 5.41) is 15.4. The summed E-state index contributed by atoms with van der Waals surface area (Å²) in [5.74, 6) is -0.395. The number of amides is 1. The molecule has 3 rings (SSSR count). The number of thiophene rings is 1. The van der Waals surface area contributed by atoms with Crippen molar-refractivity contribution in [2.24, 2.45) is 5.10 Å². The van der Waals surface area contributed by atoms with Gasteiger partial charge >= 0.3 is 5.97 Å². The van der Waals surface area contributed by atoms with E-state index in [-0.39, 0.29) is 12.3 Å². The number of nitro benzene ring substituents is 1. The highest BCUT2D eigenvalue weighted by atomic mass is 32.1. The summed E-state index contributed by atoms with van der Waals surface area (Å²) < 4.78 is 10.5. The minimum atomic E-state index is -0.479. The Morgan fingerprint density at radius 1 is 1.21 bits per heavy atom. The van der Waals surface area contributed by atoms with Crippen molar-refractivity contribution in [3.05, 3.63) is 69.1 Å². The number of benzene rings is 2. The molecule has 29 heavy (non-hydrogen) atoms. The molecule has 9 nitrogen and oxygen atoms in total. The third-order valence-electron chi connectivity index (χ3n) is 3.78. The number of nitrogens with one attached hydrogen (secondary N) is 1.